The molecule has 3 aromatic rings. The van der Waals surface area contributed by atoms with Crippen molar-refractivity contribution in [3.63, 3.8) is 0 Å². The second-order valence-corrected chi connectivity index (χ2v) is 5.39. The highest BCUT2D eigenvalue weighted by Crippen LogP contribution is 2.14. The molecule has 0 unspecified atom stereocenters. The molecule has 0 spiro atoms. The van der Waals surface area contributed by atoms with Crippen molar-refractivity contribution in [2.24, 2.45) is 0 Å². The van der Waals surface area contributed by atoms with Crippen LogP contribution in [0.5, 0.6) is 5.88 Å². The van der Waals surface area contributed by atoms with Gasteiger partial charge in [0.2, 0.25) is 10.7 Å². The van der Waals surface area contributed by atoms with Crippen molar-refractivity contribution < 1.29 is 4.74 Å². The van der Waals surface area contributed by atoms with E-state index in [1.807, 2.05) is 59.3 Å². The standard InChI is InChI=1S/C18H16N2OS/c1-14-7-9-16(10-8-14)20-12-11-17(19-18(20)22)21-13-15-5-3-2-4-6-15/h2-12H,13H2,1H3. The van der Waals surface area contributed by atoms with Crippen LogP contribution in [0.4, 0.5) is 0 Å². The van der Waals surface area contributed by atoms with Gasteiger partial charge in [-0.05, 0) is 36.8 Å². The van der Waals surface area contributed by atoms with Crippen LogP contribution in [0.15, 0.2) is 66.9 Å². The Hall–Kier alpha value is -2.46. The fourth-order valence-electron chi connectivity index (χ4n) is 2.10. The van der Waals surface area contributed by atoms with Crippen molar-refractivity contribution in [2.75, 3.05) is 0 Å². The Labute approximate surface area is 134 Å². The molecule has 1 heterocycles. The van der Waals surface area contributed by atoms with Crippen LogP contribution in [0.25, 0.3) is 5.69 Å². The third-order valence-electron chi connectivity index (χ3n) is 3.32. The molecule has 0 aliphatic heterocycles. The molecule has 0 fully saturated rings. The van der Waals surface area contributed by atoms with Crippen molar-refractivity contribution in [2.45, 2.75) is 13.5 Å². The van der Waals surface area contributed by atoms with Gasteiger partial charge in [-0.1, -0.05) is 48.0 Å². The number of rotatable bonds is 4. The van der Waals surface area contributed by atoms with Crippen LogP contribution in [0.3, 0.4) is 0 Å². The summed E-state index contributed by atoms with van der Waals surface area (Å²) >= 11 is 5.36. The molecule has 0 radical (unpaired) electrons. The number of aromatic nitrogens is 2. The Morgan fingerprint density at radius 2 is 1.73 bits per heavy atom. The highest BCUT2D eigenvalue weighted by molar-refractivity contribution is 7.71. The maximum absolute atomic E-state index is 5.69. The Bertz CT molecular complexity index is 810. The largest absolute Gasteiger partial charge is 0.473 e. The lowest BCUT2D eigenvalue weighted by Gasteiger charge is -2.09. The summed E-state index contributed by atoms with van der Waals surface area (Å²) in [6.45, 7) is 2.54. The molecule has 0 aliphatic carbocycles. The minimum absolute atomic E-state index is 0.481. The second-order valence-electron chi connectivity index (χ2n) is 5.03. The van der Waals surface area contributed by atoms with Gasteiger partial charge in [-0.25, -0.2) is 0 Å². The summed E-state index contributed by atoms with van der Waals surface area (Å²) in [5.74, 6) is 0.539. The van der Waals surface area contributed by atoms with Crippen LogP contribution >= 0.6 is 12.2 Å². The summed E-state index contributed by atoms with van der Waals surface area (Å²) in [6, 6.07) is 20.0. The Balaban J connectivity index is 1.77. The molecule has 2 aromatic carbocycles. The lowest BCUT2D eigenvalue weighted by Crippen LogP contribution is -2.02. The first kappa shape index (κ1) is 14.5. The van der Waals surface area contributed by atoms with E-state index in [0.717, 1.165) is 11.3 Å². The Morgan fingerprint density at radius 3 is 2.41 bits per heavy atom. The molecule has 0 bridgehead atoms. The molecule has 3 nitrogen and oxygen atoms in total. The Morgan fingerprint density at radius 1 is 1.00 bits per heavy atom. The predicted octanol–water partition coefficient (Wildman–Crippen LogP) is 4.49. The summed E-state index contributed by atoms with van der Waals surface area (Å²) in [6.07, 6.45) is 1.89. The van der Waals surface area contributed by atoms with Crippen LogP contribution in [0.1, 0.15) is 11.1 Å². The van der Waals surface area contributed by atoms with Crippen molar-refractivity contribution in [3.05, 3.63) is 82.8 Å². The molecule has 1 aromatic heterocycles. The summed E-state index contributed by atoms with van der Waals surface area (Å²) in [5, 5.41) is 0. The van der Waals surface area contributed by atoms with Gasteiger partial charge in [0.25, 0.3) is 0 Å². The fraction of sp³-hybridized carbons (Fsp3) is 0.111. The van der Waals surface area contributed by atoms with Crippen LogP contribution in [-0.4, -0.2) is 9.55 Å². The minimum Gasteiger partial charge on any atom is -0.473 e. The van der Waals surface area contributed by atoms with E-state index >= 15 is 0 Å². The SMILES string of the molecule is Cc1ccc(-n2ccc(OCc3ccccc3)nc2=S)cc1. The van der Waals surface area contributed by atoms with Gasteiger partial charge < -0.3 is 4.74 Å². The maximum Gasteiger partial charge on any atom is 0.217 e. The van der Waals surface area contributed by atoms with Gasteiger partial charge in [-0.15, -0.1) is 0 Å². The highest BCUT2D eigenvalue weighted by Gasteiger charge is 2.01. The molecule has 110 valence electrons. The summed E-state index contributed by atoms with van der Waals surface area (Å²) in [4.78, 5) is 4.34. The van der Waals surface area contributed by atoms with Crippen LogP contribution < -0.4 is 4.74 Å². The highest BCUT2D eigenvalue weighted by atomic mass is 32.1. The molecule has 4 heteroatoms. The third kappa shape index (κ3) is 3.40. The van der Waals surface area contributed by atoms with E-state index in [1.165, 1.54) is 5.56 Å². The zero-order valence-corrected chi connectivity index (χ0v) is 13.1. The molecule has 3 rings (SSSR count). The maximum atomic E-state index is 5.69. The van der Waals surface area contributed by atoms with Gasteiger partial charge in [0.15, 0.2) is 0 Å². The molecule has 22 heavy (non-hydrogen) atoms. The van der Waals surface area contributed by atoms with Crippen LogP contribution in [0.2, 0.25) is 0 Å². The van der Waals surface area contributed by atoms with Crippen LogP contribution in [0, 0.1) is 11.7 Å². The average Bonchev–Trinajstić information content (AvgIpc) is 2.55. The lowest BCUT2D eigenvalue weighted by molar-refractivity contribution is 0.292. The smallest absolute Gasteiger partial charge is 0.217 e. The van der Waals surface area contributed by atoms with Gasteiger partial charge in [0.05, 0.1) is 0 Å². The third-order valence-corrected chi connectivity index (χ3v) is 3.61. The summed E-state index contributed by atoms with van der Waals surface area (Å²) in [7, 11) is 0. The van der Waals surface area contributed by atoms with Gasteiger partial charge in [0, 0.05) is 18.0 Å². The molecule has 0 N–H and O–H groups in total. The molecule has 0 amide bonds. The molecular weight excluding hydrogens is 292 g/mol. The zero-order valence-electron chi connectivity index (χ0n) is 12.3. The summed E-state index contributed by atoms with van der Waals surface area (Å²) < 4.78 is 8.04. The first-order valence-electron chi connectivity index (χ1n) is 7.06. The van der Waals surface area contributed by atoms with E-state index in [-0.39, 0.29) is 0 Å². The quantitative estimate of drug-likeness (QED) is 0.665. The Kier molecular flexibility index (Phi) is 4.30. The second kappa shape index (κ2) is 6.54. The van der Waals surface area contributed by atoms with E-state index in [2.05, 4.69) is 24.0 Å². The minimum atomic E-state index is 0.481. The number of nitrogens with zero attached hydrogens (tertiary/aromatic N) is 2. The first-order chi connectivity index (χ1) is 10.7. The van der Waals surface area contributed by atoms with E-state index in [0.29, 0.717) is 17.3 Å². The number of hydrogen-bond acceptors (Lipinski definition) is 3. The topological polar surface area (TPSA) is 27.1 Å². The average molecular weight is 308 g/mol. The molecular formula is C18H16N2OS. The normalized spacial score (nSPS) is 10.4. The van der Waals surface area contributed by atoms with Gasteiger partial charge in [-0.3, -0.25) is 4.57 Å². The molecule has 0 aliphatic rings. The van der Waals surface area contributed by atoms with Gasteiger partial charge in [0.1, 0.15) is 6.61 Å². The zero-order chi connectivity index (χ0) is 15.4. The van der Waals surface area contributed by atoms with Gasteiger partial charge >= 0.3 is 0 Å². The first-order valence-corrected chi connectivity index (χ1v) is 7.47. The monoisotopic (exact) mass is 308 g/mol. The van der Waals surface area contributed by atoms with Gasteiger partial charge in [-0.2, -0.15) is 4.98 Å². The van der Waals surface area contributed by atoms with Crippen molar-refractivity contribution in [3.8, 4) is 11.6 Å². The number of aryl methyl sites for hydroxylation is 1. The fourth-order valence-corrected chi connectivity index (χ4v) is 2.36. The number of hydrogen-bond donors (Lipinski definition) is 0. The van der Waals surface area contributed by atoms with Crippen LogP contribution in [-0.2, 0) is 6.61 Å². The van der Waals surface area contributed by atoms with E-state index < -0.39 is 0 Å². The van der Waals surface area contributed by atoms with Crippen molar-refractivity contribution >= 4 is 12.2 Å². The van der Waals surface area contributed by atoms with E-state index in [4.69, 9.17) is 17.0 Å². The number of benzene rings is 2. The molecule has 0 saturated carbocycles. The van der Waals surface area contributed by atoms with E-state index in [1.54, 1.807) is 0 Å². The van der Waals surface area contributed by atoms with E-state index in [9.17, 15) is 0 Å². The summed E-state index contributed by atoms with van der Waals surface area (Å²) in [5.41, 5.74) is 3.31. The van der Waals surface area contributed by atoms with Crippen molar-refractivity contribution in [1.82, 2.24) is 9.55 Å². The van der Waals surface area contributed by atoms with Crippen molar-refractivity contribution in [1.29, 1.82) is 0 Å². The molecule has 0 atom stereocenters. The number of ether oxygens (including phenoxy) is 1. The molecule has 0 saturated heterocycles. The predicted molar refractivity (Wildman–Crippen MR) is 89.9 cm³/mol. The lowest BCUT2D eigenvalue weighted by atomic mass is 10.2.